The number of carbonyl (C=O) groups is 4. The third-order valence-electron chi connectivity index (χ3n) is 11.0. The molecule has 286 valence electrons. The number of hydrogen-bond donors (Lipinski definition) is 3. The fraction of sp³-hybridized carbons (Fsp3) is 0.425. The lowest BCUT2D eigenvalue weighted by Crippen LogP contribution is -2.58. The number of aryl methyl sites for hydroxylation is 1. The van der Waals surface area contributed by atoms with E-state index in [0.717, 1.165) is 34.5 Å². The molecule has 4 aliphatic rings. The molecule has 55 heavy (non-hydrogen) atoms. The molecule has 2 aliphatic carbocycles. The molecular weight excluding hydrogens is 723 g/mol. The molecule has 4 aromatic rings. The van der Waals surface area contributed by atoms with Gasteiger partial charge in [-0.1, -0.05) is 61.4 Å². The second-order valence-corrected chi connectivity index (χ2v) is 17.0. The van der Waals surface area contributed by atoms with Gasteiger partial charge in [-0.2, -0.15) is 0 Å². The first kappa shape index (κ1) is 36.5. The highest BCUT2D eigenvalue weighted by atomic mass is 32.2. The Morgan fingerprint density at radius 3 is 2.47 bits per heavy atom. The number of rotatable bonds is 7. The summed E-state index contributed by atoms with van der Waals surface area (Å²) in [4.78, 5) is 70.9. The molecule has 2 aromatic heterocycles. The van der Waals surface area contributed by atoms with Crippen LogP contribution in [0.4, 0.5) is 0 Å². The van der Waals surface area contributed by atoms with Crippen LogP contribution in [0.5, 0.6) is 5.88 Å². The first-order chi connectivity index (χ1) is 26.5. The summed E-state index contributed by atoms with van der Waals surface area (Å²) in [5.74, 6) is -2.52. The van der Waals surface area contributed by atoms with Crippen molar-refractivity contribution in [1.82, 2.24) is 35.2 Å². The SMILES string of the molecule is Cc1cnc(C(=O)N[C@@H]2CCCCC/C=C\[C@@H]3CC3(C(=O)NS(=O)(=O)C3CC3)NC(=O)[C@@H]3CC(Oc4nc5ccccc5c5ccccc45)CN3C2=O)cn1. The zero-order valence-corrected chi connectivity index (χ0v) is 31.3. The van der Waals surface area contributed by atoms with E-state index in [4.69, 9.17) is 9.72 Å². The van der Waals surface area contributed by atoms with Crippen molar-refractivity contribution in [3.05, 3.63) is 84.5 Å². The van der Waals surface area contributed by atoms with Gasteiger partial charge in [-0.3, -0.25) is 28.9 Å². The number of allylic oxidation sites excluding steroid dienone is 1. The average molecular weight is 766 g/mol. The van der Waals surface area contributed by atoms with Gasteiger partial charge in [0.1, 0.15) is 29.4 Å². The van der Waals surface area contributed by atoms with Gasteiger partial charge in [-0.15, -0.1) is 0 Å². The summed E-state index contributed by atoms with van der Waals surface area (Å²) < 4.78 is 34.6. The summed E-state index contributed by atoms with van der Waals surface area (Å²) in [5, 5.41) is 7.79. The Morgan fingerprint density at radius 2 is 1.71 bits per heavy atom. The quantitative estimate of drug-likeness (QED) is 0.185. The number of pyridine rings is 1. The van der Waals surface area contributed by atoms with Crippen molar-refractivity contribution in [1.29, 1.82) is 0 Å². The van der Waals surface area contributed by atoms with Gasteiger partial charge in [0.05, 0.1) is 29.2 Å². The summed E-state index contributed by atoms with van der Waals surface area (Å²) >= 11 is 0. The number of aromatic nitrogens is 3. The first-order valence-corrected chi connectivity index (χ1v) is 20.5. The van der Waals surface area contributed by atoms with Crippen LogP contribution in [0.25, 0.3) is 21.7 Å². The Labute approximate surface area is 318 Å². The fourth-order valence-electron chi connectivity index (χ4n) is 7.71. The monoisotopic (exact) mass is 765 g/mol. The molecule has 3 fully saturated rings. The molecule has 2 aromatic carbocycles. The first-order valence-electron chi connectivity index (χ1n) is 18.9. The third kappa shape index (κ3) is 7.49. The number of para-hydroxylation sites is 1. The molecule has 2 saturated carbocycles. The van der Waals surface area contributed by atoms with Crippen LogP contribution in [0.1, 0.15) is 74.0 Å². The molecule has 0 spiro atoms. The van der Waals surface area contributed by atoms with Crippen LogP contribution in [0.15, 0.2) is 73.1 Å². The van der Waals surface area contributed by atoms with Crippen molar-refractivity contribution in [2.24, 2.45) is 5.92 Å². The largest absolute Gasteiger partial charge is 0.472 e. The summed E-state index contributed by atoms with van der Waals surface area (Å²) in [6, 6.07) is 13.3. The van der Waals surface area contributed by atoms with E-state index in [1.54, 1.807) is 6.92 Å². The summed E-state index contributed by atoms with van der Waals surface area (Å²) in [6.45, 7) is 1.75. The minimum Gasteiger partial charge on any atom is -0.472 e. The van der Waals surface area contributed by atoms with Gasteiger partial charge < -0.3 is 20.3 Å². The zero-order chi connectivity index (χ0) is 38.3. The van der Waals surface area contributed by atoms with E-state index in [-0.39, 0.29) is 25.1 Å². The predicted molar refractivity (Wildman–Crippen MR) is 203 cm³/mol. The van der Waals surface area contributed by atoms with Crippen LogP contribution in [0.2, 0.25) is 0 Å². The van der Waals surface area contributed by atoms with Crippen molar-refractivity contribution >= 4 is 55.3 Å². The normalized spacial score (nSPS) is 26.5. The van der Waals surface area contributed by atoms with Crippen molar-refractivity contribution in [2.75, 3.05) is 6.54 Å². The fourth-order valence-corrected chi connectivity index (χ4v) is 9.07. The van der Waals surface area contributed by atoms with Crippen LogP contribution >= 0.6 is 0 Å². The number of benzene rings is 2. The Balaban J connectivity index is 1.12. The highest BCUT2D eigenvalue weighted by Gasteiger charge is 2.62. The number of fused-ring (bicyclic) bond motifs is 5. The standard InChI is InChI=1S/C40H43N7O7S/c1-24-21-42-33(22-41-24)35(48)43-32-16-6-4-2-3-5-11-25-20-40(25,39(51)46-55(52,53)27-17-18-27)45-36(49)34-19-26(23-47(34)38(32)50)54-37-30-14-8-7-12-28(30)29-13-9-10-15-31(29)44-37/h5,7-15,21-22,25-27,32,34H,2-4,6,16-20,23H2,1H3,(H,43,48)(H,45,49)(H,46,51)/b11-5-/t25-,26?,32-,34+,40?/m1/s1. The number of amides is 4. The summed E-state index contributed by atoms with van der Waals surface area (Å²) in [6.07, 6.45) is 10.4. The lowest BCUT2D eigenvalue weighted by molar-refractivity contribution is -0.141. The number of hydrogen-bond acceptors (Lipinski definition) is 10. The molecule has 15 heteroatoms. The smallest absolute Gasteiger partial charge is 0.272 e. The minimum absolute atomic E-state index is 0.00491. The maximum Gasteiger partial charge on any atom is 0.272 e. The van der Waals surface area contributed by atoms with Gasteiger partial charge in [0.15, 0.2) is 0 Å². The highest BCUT2D eigenvalue weighted by Crippen LogP contribution is 2.46. The Hall–Kier alpha value is -5.44. The van der Waals surface area contributed by atoms with Gasteiger partial charge in [0.2, 0.25) is 27.7 Å². The van der Waals surface area contributed by atoms with Crippen molar-refractivity contribution in [3.8, 4) is 5.88 Å². The van der Waals surface area contributed by atoms with Gasteiger partial charge in [0.25, 0.3) is 11.8 Å². The zero-order valence-electron chi connectivity index (χ0n) is 30.4. The van der Waals surface area contributed by atoms with E-state index in [1.807, 2.05) is 60.7 Å². The molecule has 14 nitrogen and oxygen atoms in total. The van der Waals surface area contributed by atoms with E-state index < -0.39 is 68.5 Å². The number of sulfonamides is 1. The predicted octanol–water partition coefficient (Wildman–Crippen LogP) is 3.64. The minimum atomic E-state index is -3.89. The van der Waals surface area contributed by atoms with Crippen LogP contribution < -0.4 is 20.1 Å². The van der Waals surface area contributed by atoms with Crippen LogP contribution in [0, 0.1) is 12.8 Å². The topological polar surface area (TPSA) is 190 Å². The van der Waals surface area contributed by atoms with E-state index in [9.17, 15) is 27.6 Å². The highest BCUT2D eigenvalue weighted by molar-refractivity contribution is 7.91. The lowest BCUT2D eigenvalue weighted by atomic mass is 10.0. The van der Waals surface area contributed by atoms with Gasteiger partial charge >= 0.3 is 0 Å². The van der Waals surface area contributed by atoms with E-state index in [1.165, 1.54) is 17.3 Å². The van der Waals surface area contributed by atoms with Crippen LogP contribution in [-0.2, 0) is 24.4 Å². The van der Waals surface area contributed by atoms with Crippen molar-refractivity contribution < 1.29 is 32.3 Å². The molecule has 4 amide bonds. The second kappa shape index (κ2) is 14.7. The maximum absolute atomic E-state index is 14.6. The number of nitrogens with one attached hydrogen (secondary N) is 3. The van der Waals surface area contributed by atoms with E-state index >= 15 is 0 Å². The molecule has 2 unspecified atom stereocenters. The molecule has 0 bridgehead atoms. The Kier molecular flexibility index (Phi) is 9.74. The molecule has 8 rings (SSSR count). The van der Waals surface area contributed by atoms with Crippen LogP contribution in [-0.4, -0.2) is 87.4 Å². The summed E-state index contributed by atoms with van der Waals surface area (Å²) in [5.41, 5.74) is -0.0889. The van der Waals surface area contributed by atoms with Crippen molar-refractivity contribution in [3.63, 3.8) is 0 Å². The summed E-state index contributed by atoms with van der Waals surface area (Å²) in [7, 11) is -3.89. The number of ether oxygens (including phenoxy) is 1. The molecule has 0 radical (unpaired) electrons. The average Bonchev–Trinajstić information content (AvgIpc) is 4.11. The molecule has 5 atom stereocenters. The van der Waals surface area contributed by atoms with E-state index in [2.05, 4.69) is 25.3 Å². The molecular formula is C40H43N7O7S. The number of nitrogens with zero attached hydrogens (tertiary/aromatic N) is 4. The Morgan fingerprint density at radius 1 is 0.945 bits per heavy atom. The van der Waals surface area contributed by atoms with Gasteiger partial charge in [0, 0.05) is 29.3 Å². The van der Waals surface area contributed by atoms with E-state index in [0.29, 0.717) is 43.7 Å². The molecule has 1 saturated heterocycles. The van der Waals surface area contributed by atoms with Crippen LogP contribution in [0.3, 0.4) is 0 Å². The van der Waals surface area contributed by atoms with Gasteiger partial charge in [-0.25, -0.2) is 18.4 Å². The molecule has 4 heterocycles. The van der Waals surface area contributed by atoms with Gasteiger partial charge in [-0.05, 0) is 63.0 Å². The lowest BCUT2D eigenvalue weighted by Gasteiger charge is -2.29. The third-order valence-corrected chi connectivity index (χ3v) is 12.8. The Bertz CT molecular complexity index is 2310. The molecule has 3 N–H and O–H groups in total. The number of carbonyl (C=O) groups excluding carboxylic acids is 4. The molecule has 2 aliphatic heterocycles. The second-order valence-electron chi connectivity index (χ2n) is 15.0. The maximum atomic E-state index is 14.6. The van der Waals surface area contributed by atoms with Crippen molar-refractivity contribution in [2.45, 2.75) is 93.7 Å².